The van der Waals surface area contributed by atoms with Crippen molar-refractivity contribution < 1.29 is 42.6 Å². The van der Waals surface area contributed by atoms with Gasteiger partial charge in [0.1, 0.15) is 11.5 Å². The Bertz CT molecular complexity index is 994. The summed E-state index contributed by atoms with van der Waals surface area (Å²) in [4.78, 5) is 12.8. The molecule has 0 N–H and O–H groups in total. The molecule has 0 heterocycles. The van der Waals surface area contributed by atoms with Crippen LogP contribution in [0.2, 0.25) is 0 Å². The first-order valence-corrected chi connectivity index (χ1v) is 9.86. The van der Waals surface area contributed by atoms with Crippen LogP contribution in [-0.4, -0.2) is 26.9 Å². The molecule has 0 aromatic heterocycles. The number of hydrogen-bond donors (Lipinski definition) is 0. The molecule has 0 bridgehead atoms. The Labute approximate surface area is 190 Å². The van der Waals surface area contributed by atoms with Gasteiger partial charge in [0, 0.05) is 5.52 Å². The maximum Gasteiger partial charge on any atom is 1.00 e. The Hall–Kier alpha value is -2.44. The number of methoxy groups -OCH3 is 3. The Kier molecular flexibility index (Phi) is 8.81. The second kappa shape index (κ2) is 11.1. The van der Waals surface area contributed by atoms with Crippen molar-refractivity contribution >= 4 is 19.4 Å². The van der Waals surface area contributed by atoms with E-state index in [1.165, 1.54) is 7.11 Å². The maximum absolute atomic E-state index is 12.8. The second-order valence-corrected chi connectivity index (χ2v) is 7.18. The van der Waals surface area contributed by atoms with E-state index in [2.05, 4.69) is 0 Å². The predicted octanol–water partition coefficient (Wildman–Crippen LogP) is 2.23. The van der Waals surface area contributed by atoms with Crippen LogP contribution < -0.4 is 43.1 Å². The Morgan fingerprint density at radius 3 is 1.80 bits per heavy atom. The second-order valence-electron chi connectivity index (χ2n) is 6.10. The van der Waals surface area contributed by atoms with Gasteiger partial charge in [0.15, 0.2) is 5.75 Å². The van der Waals surface area contributed by atoms with Crippen molar-refractivity contribution in [2.24, 2.45) is 0 Å². The molecule has 7 heteroatoms. The van der Waals surface area contributed by atoms with E-state index in [0.717, 1.165) is 5.56 Å². The predicted molar refractivity (Wildman–Crippen MR) is 115 cm³/mol. The van der Waals surface area contributed by atoms with Gasteiger partial charge < -0.3 is 32.3 Å². The van der Waals surface area contributed by atoms with Crippen LogP contribution in [0.25, 0.3) is 0 Å². The van der Waals surface area contributed by atoms with E-state index in [0.29, 0.717) is 48.2 Å². The number of para-hydroxylation sites is 1. The van der Waals surface area contributed by atoms with Gasteiger partial charge in [-0.3, -0.25) is 0 Å². The summed E-state index contributed by atoms with van der Waals surface area (Å²) in [6.45, 7) is 1.87. The first-order chi connectivity index (χ1) is 14.1. The van der Waals surface area contributed by atoms with Crippen LogP contribution in [0.5, 0.6) is 28.7 Å². The zero-order valence-corrected chi connectivity index (χ0v) is 18.7. The van der Waals surface area contributed by atoms with Gasteiger partial charge >= 0.3 is 18.9 Å². The average molecular weight is 416 g/mol. The van der Waals surface area contributed by atoms with Gasteiger partial charge in [-0.25, -0.2) is 0 Å². The number of ether oxygens (including phenoxy) is 4. The molecule has 0 saturated heterocycles. The van der Waals surface area contributed by atoms with Crippen molar-refractivity contribution in [2.45, 2.75) is 6.92 Å². The van der Waals surface area contributed by atoms with Crippen LogP contribution in [0.1, 0.15) is 15.9 Å². The van der Waals surface area contributed by atoms with Crippen molar-refractivity contribution in [1.82, 2.24) is 0 Å². The smallest absolute Gasteiger partial charge is 0.495 e. The first kappa shape index (κ1) is 23.8. The van der Waals surface area contributed by atoms with Crippen LogP contribution in [0.3, 0.4) is 0 Å². The summed E-state index contributed by atoms with van der Waals surface area (Å²) in [5.41, 5.74) is 1.33. The molecule has 0 radical (unpaired) electrons. The molecular weight excluding hydrogens is 394 g/mol. The van der Waals surface area contributed by atoms with Crippen LogP contribution in [0.4, 0.5) is 0 Å². The van der Waals surface area contributed by atoms with Crippen LogP contribution in [-0.2, 0) is 0 Å². The molecule has 30 heavy (non-hydrogen) atoms. The van der Waals surface area contributed by atoms with Crippen LogP contribution in [0, 0.1) is 6.92 Å². The van der Waals surface area contributed by atoms with Gasteiger partial charge in [-0.2, -0.15) is 0 Å². The van der Waals surface area contributed by atoms with Crippen molar-refractivity contribution in [2.75, 3.05) is 21.3 Å². The summed E-state index contributed by atoms with van der Waals surface area (Å²) >= 11 is 0. The molecule has 0 fully saturated rings. The summed E-state index contributed by atoms with van der Waals surface area (Å²) < 4.78 is 23.0. The summed E-state index contributed by atoms with van der Waals surface area (Å²) in [6.07, 6.45) is 0. The normalized spacial score (nSPS) is 10.4. The minimum atomic E-state index is -0.0483. The standard InChI is InChI=1S/C23H22O5P.Li/c1-15-18(25-2)20(28-17-13-9-6-10-14-17)19(26-3)21(27-4)22(15)29-23(24)16-11-7-5-8-12-16;/h5-14H,1-4H3;/q-1;+1. The molecule has 0 atom stereocenters. The largest absolute Gasteiger partial charge is 1.00 e. The monoisotopic (exact) mass is 416 g/mol. The Morgan fingerprint density at radius 2 is 1.27 bits per heavy atom. The summed E-state index contributed by atoms with van der Waals surface area (Å²) in [5, 5.41) is 0.676. The zero-order chi connectivity index (χ0) is 20.8. The third-order valence-corrected chi connectivity index (χ3v) is 5.56. The maximum atomic E-state index is 12.8. The van der Waals surface area contributed by atoms with Gasteiger partial charge in [-0.1, -0.05) is 48.5 Å². The number of carbonyl (C=O) groups excluding carboxylic acids is 1. The van der Waals surface area contributed by atoms with Crippen molar-refractivity contribution in [3.05, 3.63) is 71.8 Å². The van der Waals surface area contributed by atoms with E-state index < -0.39 is 0 Å². The first-order valence-electron chi connectivity index (χ1n) is 8.97. The molecule has 3 aromatic rings. The molecule has 0 aliphatic carbocycles. The van der Waals surface area contributed by atoms with Crippen LogP contribution in [0.15, 0.2) is 60.7 Å². The number of benzene rings is 3. The third kappa shape index (κ3) is 4.99. The Morgan fingerprint density at radius 1 is 0.733 bits per heavy atom. The fourth-order valence-electron chi connectivity index (χ4n) is 2.96. The summed E-state index contributed by atoms with van der Waals surface area (Å²) in [5.74, 6) is 2.36. The number of hydrogen-bond acceptors (Lipinski definition) is 5. The van der Waals surface area contributed by atoms with Gasteiger partial charge in [-0.05, 0) is 30.2 Å². The molecule has 3 aromatic carbocycles. The molecular formula is C23H22LiO5P. The summed E-state index contributed by atoms with van der Waals surface area (Å²) in [7, 11) is 5.09. The van der Waals surface area contributed by atoms with Gasteiger partial charge in [-0.15, -0.1) is 5.30 Å². The molecule has 0 unspecified atom stereocenters. The molecule has 3 rings (SSSR count). The molecule has 0 spiro atoms. The molecule has 0 aliphatic rings. The van der Waals surface area contributed by atoms with E-state index in [9.17, 15) is 4.79 Å². The minimum Gasteiger partial charge on any atom is -0.495 e. The fraction of sp³-hybridized carbons (Fsp3) is 0.174. The minimum absolute atomic E-state index is 0. The van der Waals surface area contributed by atoms with Crippen molar-refractivity contribution in [3.8, 4) is 28.7 Å². The molecule has 5 nitrogen and oxygen atoms in total. The molecule has 150 valence electrons. The van der Waals surface area contributed by atoms with E-state index in [-0.39, 0.29) is 24.4 Å². The fourth-order valence-corrected chi connectivity index (χ4v) is 4.01. The van der Waals surface area contributed by atoms with Crippen LogP contribution >= 0.6 is 8.58 Å². The molecule has 0 aliphatic heterocycles. The third-order valence-electron chi connectivity index (χ3n) is 4.34. The number of carbonyl (C=O) groups is 1. The Balaban J connectivity index is 0.00000320. The number of rotatable bonds is 8. The quantitative estimate of drug-likeness (QED) is 0.417. The topological polar surface area (TPSA) is 54.0 Å². The molecule has 0 saturated carbocycles. The van der Waals surface area contributed by atoms with E-state index in [4.69, 9.17) is 18.9 Å². The van der Waals surface area contributed by atoms with E-state index >= 15 is 0 Å². The SMILES string of the molecule is COc1c(C)c([P-]C(=O)c2ccccc2)c(OC)c(OC)c1Oc1ccccc1.[Li+]. The van der Waals surface area contributed by atoms with Gasteiger partial charge in [0.25, 0.3) is 0 Å². The van der Waals surface area contributed by atoms with Crippen molar-refractivity contribution in [1.29, 1.82) is 0 Å². The van der Waals surface area contributed by atoms with Crippen molar-refractivity contribution in [3.63, 3.8) is 0 Å². The zero-order valence-electron chi connectivity index (χ0n) is 17.8. The summed E-state index contributed by atoms with van der Waals surface area (Å²) in [6, 6.07) is 18.5. The molecule has 0 amide bonds. The van der Waals surface area contributed by atoms with E-state index in [1.54, 1.807) is 26.4 Å². The van der Waals surface area contributed by atoms with Gasteiger partial charge in [0.2, 0.25) is 11.5 Å². The average Bonchev–Trinajstić information content (AvgIpc) is 2.76. The van der Waals surface area contributed by atoms with E-state index in [1.807, 2.05) is 55.5 Å². The van der Waals surface area contributed by atoms with Gasteiger partial charge in [0.05, 0.1) is 21.3 Å².